The lowest BCUT2D eigenvalue weighted by Gasteiger charge is -2.08. The fourth-order valence-electron chi connectivity index (χ4n) is 2.51. The molecule has 1 heterocycles. The number of carbonyl (C=O) groups excluding carboxylic acids is 2. The van der Waals surface area contributed by atoms with Gasteiger partial charge in [0.2, 0.25) is 0 Å². The largest absolute Gasteiger partial charge is 0.350 e. The minimum Gasteiger partial charge on any atom is -0.350 e. The van der Waals surface area contributed by atoms with Crippen LogP contribution in [0.4, 0.5) is 5.69 Å². The molecule has 0 aliphatic carbocycles. The predicted molar refractivity (Wildman–Crippen MR) is 106 cm³/mol. The SMILES string of the molecule is O=C(Nc1ccccc1Cl)c1ccnc(C(=O)NCCc2ccccc2)c1. The maximum absolute atomic E-state index is 12.4. The molecule has 27 heavy (non-hydrogen) atoms. The van der Waals surface area contributed by atoms with E-state index in [9.17, 15) is 9.59 Å². The molecule has 0 spiro atoms. The van der Waals surface area contributed by atoms with Gasteiger partial charge in [-0.3, -0.25) is 14.6 Å². The van der Waals surface area contributed by atoms with E-state index in [2.05, 4.69) is 15.6 Å². The van der Waals surface area contributed by atoms with Crippen LogP contribution in [0.25, 0.3) is 0 Å². The molecule has 0 bridgehead atoms. The van der Waals surface area contributed by atoms with Crippen LogP contribution < -0.4 is 10.6 Å². The van der Waals surface area contributed by atoms with Crippen molar-refractivity contribution in [1.82, 2.24) is 10.3 Å². The fourth-order valence-corrected chi connectivity index (χ4v) is 2.69. The van der Waals surface area contributed by atoms with Crippen LogP contribution in [0.1, 0.15) is 26.4 Å². The Bertz CT molecular complexity index is 945. The third-order valence-corrected chi connectivity index (χ3v) is 4.25. The van der Waals surface area contributed by atoms with Crippen molar-refractivity contribution in [2.75, 3.05) is 11.9 Å². The minimum atomic E-state index is -0.358. The van der Waals surface area contributed by atoms with Gasteiger partial charge in [0.15, 0.2) is 0 Å². The maximum atomic E-state index is 12.4. The standard InChI is InChI=1S/C21H18ClN3O2/c22-17-8-4-5-9-18(17)25-20(26)16-11-13-23-19(14-16)21(27)24-12-10-15-6-2-1-3-7-15/h1-9,11,13-14H,10,12H2,(H,24,27)(H,25,26). The molecule has 6 heteroatoms. The lowest BCUT2D eigenvalue weighted by atomic mass is 10.1. The number of aromatic nitrogens is 1. The first-order chi connectivity index (χ1) is 13.1. The Morgan fingerprint density at radius 1 is 0.926 bits per heavy atom. The molecule has 2 aromatic carbocycles. The van der Waals surface area contributed by atoms with Gasteiger partial charge < -0.3 is 10.6 Å². The van der Waals surface area contributed by atoms with Gasteiger partial charge >= 0.3 is 0 Å². The van der Waals surface area contributed by atoms with Crippen molar-refractivity contribution < 1.29 is 9.59 Å². The summed E-state index contributed by atoms with van der Waals surface area (Å²) in [4.78, 5) is 28.8. The molecule has 0 saturated carbocycles. The number of halogens is 1. The van der Waals surface area contributed by atoms with E-state index in [1.165, 1.54) is 12.3 Å². The Balaban J connectivity index is 1.61. The third-order valence-electron chi connectivity index (χ3n) is 3.92. The lowest BCUT2D eigenvalue weighted by Crippen LogP contribution is -2.27. The van der Waals surface area contributed by atoms with Gasteiger partial charge in [0.05, 0.1) is 10.7 Å². The van der Waals surface area contributed by atoms with Gasteiger partial charge in [-0.2, -0.15) is 0 Å². The molecule has 136 valence electrons. The molecular formula is C21H18ClN3O2. The Kier molecular flexibility index (Phi) is 6.18. The van der Waals surface area contributed by atoms with E-state index in [0.29, 0.717) is 22.8 Å². The number of nitrogens with one attached hydrogen (secondary N) is 2. The lowest BCUT2D eigenvalue weighted by molar-refractivity contribution is 0.0949. The smallest absolute Gasteiger partial charge is 0.269 e. The predicted octanol–water partition coefficient (Wildman–Crippen LogP) is 3.96. The number of hydrogen-bond donors (Lipinski definition) is 2. The molecule has 5 nitrogen and oxygen atoms in total. The topological polar surface area (TPSA) is 71.1 Å². The van der Waals surface area contributed by atoms with Crippen LogP contribution in [0.15, 0.2) is 72.9 Å². The van der Waals surface area contributed by atoms with E-state index in [4.69, 9.17) is 11.6 Å². The van der Waals surface area contributed by atoms with Gasteiger partial charge in [-0.1, -0.05) is 54.1 Å². The molecule has 0 fully saturated rings. The first kappa shape index (κ1) is 18.6. The summed E-state index contributed by atoms with van der Waals surface area (Å²) < 4.78 is 0. The highest BCUT2D eigenvalue weighted by Crippen LogP contribution is 2.21. The molecule has 0 atom stereocenters. The number of hydrogen-bond acceptors (Lipinski definition) is 3. The number of anilines is 1. The van der Waals surface area contributed by atoms with Crippen LogP contribution in [-0.2, 0) is 6.42 Å². The van der Waals surface area contributed by atoms with Crippen molar-refractivity contribution in [3.8, 4) is 0 Å². The van der Waals surface area contributed by atoms with Crippen molar-refractivity contribution in [1.29, 1.82) is 0 Å². The summed E-state index contributed by atoms with van der Waals surface area (Å²) in [5, 5.41) is 5.99. The van der Waals surface area contributed by atoms with Crippen LogP contribution in [0.3, 0.4) is 0 Å². The van der Waals surface area contributed by atoms with Crippen molar-refractivity contribution in [2.24, 2.45) is 0 Å². The van der Waals surface area contributed by atoms with Gasteiger partial charge in [-0.15, -0.1) is 0 Å². The molecule has 0 unspecified atom stereocenters. The van der Waals surface area contributed by atoms with E-state index in [0.717, 1.165) is 12.0 Å². The van der Waals surface area contributed by atoms with E-state index in [1.807, 2.05) is 30.3 Å². The quantitative estimate of drug-likeness (QED) is 0.681. The van der Waals surface area contributed by atoms with Crippen LogP contribution >= 0.6 is 11.6 Å². The first-order valence-electron chi connectivity index (χ1n) is 8.47. The zero-order valence-electron chi connectivity index (χ0n) is 14.5. The van der Waals surface area contributed by atoms with Gasteiger partial charge in [0.1, 0.15) is 5.69 Å². The molecule has 2 amide bonds. The summed E-state index contributed by atoms with van der Waals surface area (Å²) in [5.41, 5.74) is 2.17. The van der Waals surface area contributed by atoms with Gasteiger partial charge in [-0.25, -0.2) is 0 Å². The van der Waals surface area contributed by atoms with Crippen LogP contribution in [0, 0.1) is 0 Å². The second-order valence-corrected chi connectivity index (χ2v) is 6.26. The highest BCUT2D eigenvalue weighted by atomic mass is 35.5. The van der Waals surface area contributed by atoms with Crippen molar-refractivity contribution >= 4 is 29.1 Å². The van der Waals surface area contributed by atoms with E-state index in [-0.39, 0.29) is 17.5 Å². The van der Waals surface area contributed by atoms with Crippen LogP contribution in [-0.4, -0.2) is 23.3 Å². The average Bonchev–Trinajstić information content (AvgIpc) is 2.70. The molecule has 1 aromatic heterocycles. The molecule has 2 N–H and O–H groups in total. The van der Waals surface area contributed by atoms with E-state index >= 15 is 0 Å². The second kappa shape index (κ2) is 8.96. The van der Waals surface area contributed by atoms with E-state index < -0.39 is 0 Å². The number of carbonyl (C=O) groups is 2. The van der Waals surface area contributed by atoms with Crippen molar-refractivity contribution in [3.63, 3.8) is 0 Å². The van der Waals surface area contributed by atoms with Gasteiger partial charge in [0, 0.05) is 18.3 Å². The zero-order chi connectivity index (χ0) is 19.1. The zero-order valence-corrected chi connectivity index (χ0v) is 15.2. The van der Waals surface area contributed by atoms with Gasteiger partial charge in [-0.05, 0) is 36.2 Å². The highest BCUT2D eigenvalue weighted by molar-refractivity contribution is 6.33. The van der Waals surface area contributed by atoms with E-state index in [1.54, 1.807) is 30.3 Å². The summed E-state index contributed by atoms with van der Waals surface area (Å²) in [5.74, 6) is -0.679. The van der Waals surface area contributed by atoms with Crippen LogP contribution in [0.5, 0.6) is 0 Å². The first-order valence-corrected chi connectivity index (χ1v) is 8.85. The Morgan fingerprint density at radius 2 is 1.67 bits per heavy atom. The Labute approximate surface area is 162 Å². The normalized spacial score (nSPS) is 10.3. The van der Waals surface area contributed by atoms with Gasteiger partial charge in [0.25, 0.3) is 11.8 Å². The molecular weight excluding hydrogens is 362 g/mol. The van der Waals surface area contributed by atoms with Crippen LogP contribution in [0.2, 0.25) is 5.02 Å². The Morgan fingerprint density at radius 3 is 2.44 bits per heavy atom. The average molecular weight is 380 g/mol. The highest BCUT2D eigenvalue weighted by Gasteiger charge is 2.12. The number of benzene rings is 2. The summed E-state index contributed by atoms with van der Waals surface area (Å²) in [7, 11) is 0. The molecule has 3 rings (SSSR count). The Hall–Kier alpha value is -3.18. The molecule has 0 saturated heterocycles. The summed E-state index contributed by atoms with van der Waals surface area (Å²) >= 11 is 6.05. The number of rotatable bonds is 6. The third kappa shape index (κ3) is 5.15. The summed E-state index contributed by atoms with van der Waals surface area (Å²) in [6.45, 7) is 0.487. The fraction of sp³-hybridized carbons (Fsp3) is 0.0952. The molecule has 3 aromatic rings. The monoisotopic (exact) mass is 379 g/mol. The number of para-hydroxylation sites is 1. The van der Waals surface area contributed by atoms with Crippen molar-refractivity contribution in [3.05, 3.63) is 94.8 Å². The second-order valence-electron chi connectivity index (χ2n) is 5.86. The number of nitrogens with zero attached hydrogens (tertiary/aromatic N) is 1. The summed E-state index contributed by atoms with van der Waals surface area (Å²) in [6, 6.07) is 19.8. The summed E-state index contributed by atoms with van der Waals surface area (Å²) in [6.07, 6.45) is 2.16. The molecule has 0 radical (unpaired) electrons. The molecule has 0 aliphatic rings. The molecule has 0 aliphatic heterocycles. The number of amides is 2. The maximum Gasteiger partial charge on any atom is 0.269 e. The van der Waals surface area contributed by atoms with Crippen molar-refractivity contribution in [2.45, 2.75) is 6.42 Å². The number of pyridine rings is 1. The minimum absolute atomic E-state index is 0.190.